The summed E-state index contributed by atoms with van der Waals surface area (Å²) < 4.78 is 0. The molecule has 0 aromatic heterocycles. The van der Waals surface area contributed by atoms with Gasteiger partial charge in [0.25, 0.3) is 0 Å². The Morgan fingerprint density at radius 2 is 1.94 bits per heavy atom. The Balaban J connectivity index is 2.13. The van der Waals surface area contributed by atoms with Crippen molar-refractivity contribution in [3.05, 3.63) is 29.3 Å². The van der Waals surface area contributed by atoms with Crippen molar-refractivity contribution in [3.63, 3.8) is 0 Å². The highest BCUT2D eigenvalue weighted by molar-refractivity contribution is 6.30. The number of Topliss-reactive ketones (excluding diaryl/α,β-unsaturated/α-hetero) is 1. The first kappa shape index (κ1) is 12.4. The van der Waals surface area contributed by atoms with Crippen LogP contribution in [-0.4, -0.2) is 43.9 Å². The summed E-state index contributed by atoms with van der Waals surface area (Å²) in [5.74, 6) is 0.334. The van der Waals surface area contributed by atoms with E-state index in [1.54, 1.807) is 0 Å². The van der Waals surface area contributed by atoms with Crippen LogP contribution in [0.5, 0.6) is 0 Å². The highest BCUT2D eigenvalue weighted by Gasteiger charge is 2.28. The summed E-state index contributed by atoms with van der Waals surface area (Å²) in [7, 11) is 3.90. The van der Waals surface area contributed by atoms with Crippen LogP contribution in [0.1, 0.15) is 6.42 Å². The van der Waals surface area contributed by atoms with Crippen LogP contribution >= 0.6 is 11.6 Å². The number of ketones is 1. The van der Waals surface area contributed by atoms with Gasteiger partial charge in [-0.05, 0) is 38.4 Å². The molecule has 1 aliphatic heterocycles. The van der Waals surface area contributed by atoms with E-state index in [-0.39, 0.29) is 6.04 Å². The third kappa shape index (κ3) is 2.79. The van der Waals surface area contributed by atoms with Gasteiger partial charge in [0, 0.05) is 30.2 Å². The molecule has 92 valence electrons. The predicted octanol–water partition coefficient (Wildman–Crippen LogP) is 2.05. The van der Waals surface area contributed by atoms with Gasteiger partial charge in [0.1, 0.15) is 0 Å². The second-order valence-corrected chi connectivity index (χ2v) is 5.05. The number of rotatable bonds is 2. The third-order valence-corrected chi connectivity index (χ3v) is 3.46. The van der Waals surface area contributed by atoms with E-state index < -0.39 is 0 Å². The quantitative estimate of drug-likeness (QED) is 0.805. The van der Waals surface area contributed by atoms with E-state index in [1.165, 1.54) is 0 Å². The molecule has 2 rings (SSSR count). The van der Waals surface area contributed by atoms with E-state index in [9.17, 15) is 4.79 Å². The minimum atomic E-state index is -0.000530. The van der Waals surface area contributed by atoms with Gasteiger partial charge >= 0.3 is 0 Å². The minimum Gasteiger partial charge on any atom is -0.369 e. The van der Waals surface area contributed by atoms with Crippen molar-refractivity contribution in [2.75, 3.05) is 32.1 Å². The lowest BCUT2D eigenvalue weighted by Crippen LogP contribution is -2.51. The Morgan fingerprint density at radius 1 is 1.29 bits per heavy atom. The first-order valence-corrected chi connectivity index (χ1v) is 6.15. The molecule has 0 spiro atoms. The van der Waals surface area contributed by atoms with Crippen molar-refractivity contribution in [2.45, 2.75) is 12.5 Å². The SMILES string of the molecule is CN(C)C1CN(c2ccc(Cl)cc2)CCC1=O. The Hall–Kier alpha value is -1.06. The van der Waals surface area contributed by atoms with Gasteiger partial charge in [-0.1, -0.05) is 11.6 Å². The average molecular weight is 253 g/mol. The molecule has 1 aromatic carbocycles. The van der Waals surface area contributed by atoms with Crippen molar-refractivity contribution in [1.29, 1.82) is 0 Å². The molecule has 1 aromatic rings. The average Bonchev–Trinajstić information content (AvgIpc) is 2.30. The molecule has 3 nitrogen and oxygen atoms in total. The van der Waals surface area contributed by atoms with Crippen LogP contribution in [-0.2, 0) is 4.79 Å². The summed E-state index contributed by atoms with van der Waals surface area (Å²) in [6.07, 6.45) is 0.617. The molecule has 1 heterocycles. The molecule has 0 radical (unpaired) electrons. The zero-order valence-electron chi connectivity index (χ0n) is 10.2. The normalized spacial score (nSPS) is 21.1. The van der Waals surface area contributed by atoms with Crippen molar-refractivity contribution in [1.82, 2.24) is 4.90 Å². The second kappa shape index (κ2) is 5.07. The van der Waals surface area contributed by atoms with Crippen molar-refractivity contribution in [3.8, 4) is 0 Å². The molecule has 0 bridgehead atoms. The molecule has 1 fully saturated rings. The molecule has 1 saturated heterocycles. The number of hydrogen-bond donors (Lipinski definition) is 0. The van der Waals surface area contributed by atoms with Crippen LogP contribution in [0.25, 0.3) is 0 Å². The van der Waals surface area contributed by atoms with Crippen LogP contribution in [0.4, 0.5) is 5.69 Å². The number of hydrogen-bond acceptors (Lipinski definition) is 3. The molecule has 17 heavy (non-hydrogen) atoms. The maximum absolute atomic E-state index is 11.8. The summed E-state index contributed by atoms with van der Waals surface area (Å²) in [5.41, 5.74) is 1.13. The standard InChI is InChI=1S/C13H17ClN2O/c1-15(2)12-9-16(8-7-13(12)17)11-5-3-10(14)4-6-11/h3-6,12H,7-9H2,1-2H3. The number of carbonyl (C=O) groups excluding carboxylic acids is 1. The predicted molar refractivity (Wildman–Crippen MR) is 70.8 cm³/mol. The number of likely N-dealkylation sites (N-methyl/N-ethyl adjacent to an activating group) is 1. The third-order valence-electron chi connectivity index (χ3n) is 3.21. The van der Waals surface area contributed by atoms with E-state index in [0.29, 0.717) is 12.2 Å². The fourth-order valence-corrected chi connectivity index (χ4v) is 2.28. The Bertz CT molecular complexity index is 402. The molecule has 0 N–H and O–H groups in total. The van der Waals surface area contributed by atoms with Gasteiger partial charge < -0.3 is 4.90 Å². The van der Waals surface area contributed by atoms with Crippen molar-refractivity contribution in [2.24, 2.45) is 0 Å². The van der Waals surface area contributed by atoms with Gasteiger partial charge in [-0.3, -0.25) is 9.69 Å². The number of carbonyl (C=O) groups is 1. The molecule has 1 aliphatic rings. The van der Waals surface area contributed by atoms with Crippen LogP contribution < -0.4 is 4.90 Å². The number of halogens is 1. The second-order valence-electron chi connectivity index (χ2n) is 4.62. The van der Waals surface area contributed by atoms with Gasteiger partial charge in [-0.2, -0.15) is 0 Å². The fraction of sp³-hybridized carbons (Fsp3) is 0.462. The topological polar surface area (TPSA) is 23.6 Å². The van der Waals surface area contributed by atoms with E-state index >= 15 is 0 Å². The van der Waals surface area contributed by atoms with Gasteiger partial charge in [0.15, 0.2) is 5.78 Å². The van der Waals surface area contributed by atoms with Crippen molar-refractivity contribution >= 4 is 23.1 Å². The Labute approximate surface area is 107 Å². The number of benzene rings is 1. The number of anilines is 1. The maximum Gasteiger partial charge on any atom is 0.153 e. The van der Waals surface area contributed by atoms with E-state index in [2.05, 4.69) is 4.90 Å². The largest absolute Gasteiger partial charge is 0.369 e. The first-order chi connectivity index (χ1) is 8.08. The van der Waals surface area contributed by atoms with Gasteiger partial charge in [-0.15, -0.1) is 0 Å². The van der Waals surface area contributed by atoms with Gasteiger partial charge in [0.2, 0.25) is 0 Å². The Kier molecular flexibility index (Phi) is 3.69. The van der Waals surface area contributed by atoms with E-state index in [0.717, 1.165) is 23.8 Å². The lowest BCUT2D eigenvalue weighted by Gasteiger charge is -2.36. The molecule has 1 unspecified atom stereocenters. The monoisotopic (exact) mass is 252 g/mol. The molecular formula is C13H17ClN2O. The lowest BCUT2D eigenvalue weighted by atomic mass is 10.0. The highest BCUT2D eigenvalue weighted by Crippen LogP contribution is 2.22. The summed E-state index contributed by atoms with van der Waals surface area (Å²) in [4.78, 5) is 16.0. The summed E-state index contributed by atoms with van der Waals surface area (Å²) in [6.45, 7) is 1.55. The number of nitrogens with zero attached hydrogens (tertiary/aromatic N) is 2. The summed E-state index contributed by atoms with van der Waals surface area (Å²) in [5, 5.41) is 0.742. The van der Waals surface area contributed by atoms with E-state index in [4.69, 9.17) is 11.6 Å². The maximum atomic E-state index is 11.8. The van der Waals surface area contributed by atoms with Crippen LogP contribution in [0.2, 0.25) is 5.02 Å². The molecular weight excluding hydrogens is 236 g/mol. The molecule has 0 saturated carbocycles. The fourth-order valence-electron chi connectivity index (χ4n) is 2.15. The van der Waals surface area contributed by atoms with Crippen LogP contribution in [0.15, 0.2) is 24.3 Å². The van der Waals surface area contributed by atoms with E-state index in [1.807, 2.05) is 43.3 Å². The van der Waals surface area contributed by atoms with Gasteiger partial charge in [-0.25, -0.2) is 0 Å². The van der Waals surface area contributed by atoms with Gasteiger partial charge in [0.05, 0.1) is 6.04 Å². The highest BCUT2D eigenvalue weighted by atomic mass is 35.5. The molecule has 4 heteroatoms. The zero-order valence-corrected chi connectivity index (χ0v) is 10.9. The summed E-state index contributed by atoms with van der Waals surface area (Å²) >= 11 is 5.87. The smallest absolute Gasteiger partial charge is 0.153 e. The zero-order chi connectivity index (χ0) is 12.4. The molecule has 0 aliphatic carbocycles. The molecule has 1 atom stereocenters. The minimum absolute atomic E-state index is 0.000530. The van der Waals surface area contributed by atoms with Crippen LogP contribution in [0.3, 0.4) is 0 Å². The molecule has 0 amide bonds. The first-order valence-electron chi connectivity index (χ1n) is 5.77. The van der Waals surface area contributed by atoms with Crippen molar-refractivity contribution < 1.29 is 4.79 Å². The number of piperidine rings is 1. The lowest BCUT2D eigenvalue weighted by molar-refractivity contribution is -0.123. The summed E-state index contributed by atoms with van der Waals surface area (Å²) in [6, 6.07) is 7.78. The van der Waals surface area contributed by atoms with Crippen LogP contribution in [0, 0.1) is 0 Å². The Morgan fingerprint density at radius 3 is 2.53 bits per heavy atom.